The van der Waals surface area contributed by atoms with Gasteiger partial charge in [0.2, 0.25) is 6.10 Å². The highest BCUT2D eigenvalue weighted by Gasteiger charge is 2.49. The molecule has 0 fully saturated rings. The van der Waals surface area contributed by atoms with Crippen molar-refractivity contribution >= 4 is 5.97 Å². The molecule has 0 saturated carbocycles. The van der Waals surface area contributed by atoms with Gasteiger partial charge >= 0.3 is 12.0 Å². The van der Waals surface area contributed by atoms with E-state index in [2.05, 4.69) is 9.97 Å². The fourth-order valence-electron chi connectivity index (χ4n) is 3.34. The standard InChI is InChI=1S/C22H22N2O4/c1-15-14-16(2)24-21(23-15)28-19(20(25)26)22(27-3,17-10-6-4-7-11-17)18-12-8-5-9-13-18/h4-14,19H,1-3H3,(H,25,26)/t19-/m0/s1. The summed E-state index contributed by atoms with van der Waals surface area (Å²) in [5.41, 5.74) is 1.29. The summed E-state index contributed by atoms with van der Waals surface area (Å²) in [6.45, 7) is 3.60. The molecule has 3 rings (SSSR count). The summed E-state index contributed by atoms with van der Waals surface area (Å²) in [5.74, 6) is -1.18. The van der Waals surface area contributed by atoms with Gasteiger partial charge < -0.3 is 14.6 Å². The van der Waals surface area contributed by atoms with Crippen molar-refractivity contribution in [3.8, 4) is 6.01 Å². The molecule has 0 aliphatic rings. The van der Waals surface area contributed by atoms with Crippen LogP contribution in [0.2, 0.25) is 0 Å². The van der Waals surface area contributed by atoms with Gasteiger partial charge in [0.25, 0.3) is 0 Å². The number of hydrogen-bond acceptors (Lipinski definition) is 5. The molecule has 1 heterocycles. The van der Waals surface area contributed by atoms with Crippen LogP contribution in [0, 0.1) is 13.8 Å². The number of benzene rings is 2. The minimum atomic E-state index is -1.41. The largest absolute Gasteiger partial charge is 0.478 e. The molecule has 6 heteroatoms. The van der Waals surface area contributed by atoms with Crippen molar-refractivity contribution < 1.29 is 19.4 Å². The predicted molar refractivity (Wildman–Crippen MR) is 104 cm³/mol. The molecule has 2 aromatic carbocycles. The van der Waals surface area contributed by atoms with Crippen molar-refractivity contribution in [2.24, 2.45) is 0 Å². The zero-order valence-corrected chi connectivity index (χ0v) is 16.0. The first-order chi connectivity index (χ1) is 13.5. The highest BCUT2D eigenvalue weighted by atomic mass is 16.6. The maximum Gasteiger partial charge on any atom is 0.348 e. The lowest BCUT2D eigenvalue weighted by atomic mass is 9.81. The number of aromatic nitrogens is 2. The van der Waals surface area contributed by atoms with Crippen LogP contribution < -0.4 is 4.74 Å². The van der Waals surface area contributed by atoms with Gasteiger partial charge in [-0.25, -0.2) is 14.8 Å². The third kappa shape index (κ3) is 3.73. The van der Waals surface area contributed by atoms with Gasteiger partial charge in [0.1, 0.15) is 0 Å². The van der Waals surface area contributed by atoms with E-state index in [1.807, 2.05) is 60.7 Å². The van der Waals surface area contributed by atoms with Crippen molar-refractivity contribution in [3.63, 3.8) is 0 Å². The lowest BCUT2D eigenvalue weighted by Crippen LogP contribution is -2.50. The zero-order valence-electron chi connectivity index (χ0n) is 16.0. The molecule has 0 spiro atoms. The predicted octanol–water partition coefficient (Wildman–Crippen LogP) is 3.52. The second-order valence-corrected chi connectivity index (χ2v) is 6.44. The molecule has 1 aromatic heterocycles. The first-order valence-electron chi connectivity index (χ1n) is 8.85. The second kappa shape index (κ2) is 8.19. The summed E-state index contributed by atoms with van der Waals surface area (Å²) in [4.78, 5) is 20.8. The number of carboxylic acid groups (broad SMARTS) is 1. The first-order valence-corrected chi connectivity index (χ1v) is 8.85. The van der Waals surface area contributed by atoms with Crippen LogP contribution in [-0.4, -0.2) is 34.3 Å². The third-order valence-corrected chi connectivity index (χ3v) is 4.51. The van der Waals surface area contributed by atoms with Gasteiger partial charge in [-0.15, -0.1) is 0 Å². The Morgan fingerprint density at radius 3 is 1.79 bits per heavy atom. The average molecular weight is 378 g/mol. The molecule has 6 nitrogen and oxygen atoms in total. The smallest absolute Gasteiger partial charge is 0.348 e. The van der Waals surface area contributed by atoms with Gasteiger partial charge in [-0.2, -0.15) is 0 Å². The monoisotopic (exact) mass is 378 g/mol. The molecule has 144 valence electrons. The molecule has 0 aliphatic carbocycles. The Morgan fingerprint density at radius 2 is 1.39 bits per heavy atom. The van der Waals surface area contributed by atoms with E-state index in [0.717, 1.165) is 0 Å². The topological polar surface area (TPSA) is 81.5 Å². The van der Waals surface area contributed by atoms with E-state index in [-0.39, 0.29) is 6.01 Å². The molecule has 0 bridgehead atoms. The van der Waals surface area contributed by atoms with E-state index in [1.165, 1.54) is 7.11 Å². The fraction of sp³-hybridized carbons (Fsp3) is 0.227. The Bertz CT molecular complexity index is 886. The number of nitrogens with zero attached hydrogens (tertiary/aromatic N) is 2. The number of aliphatic carboxylic acids is 1. The van der Waals surface area contributed by atoms with Crippen molar-refractivity contribution in [1.29, 1.82) is 0 Å². The summed E-state index contributed by atoms with van der Waals surface area (Å²) in [5, 5.41) is 10.1. The number of rotatable bonds is 7. The number of ether oxygens (including phenoxy) is 2. The second-order valence-electron chi connectivity index (χ2n) is 6.44. The van der Waals surface area contributed by atoms with Crippen LogP contribution in [0.5, 0.6) is 6.01 Å². The molecule has 0 aliphatic heterocycles. The number of carboxylic acids is 1. The lowest BCUT2D eigenvalue weighted by molar-refractivity contribution is -0.160. The van der Waals surface area contributed by atoms with E-state index in [9.17, 15) is 9.90 Å². The molecule has 0 amide bonds. The summed E-state index contributed by atoms with van der Waals surface area (Å²) < 4.78 is 11.8. The quantitative estimate of drug-likeness (QED) is 0.677. The van der Waals surface area contributed by atoms with E-state index in [4.69, 9.17) is 9.47 Å². The van der Waals surface area contributed by atoms with E-state index in [0.29, 0.717) is 22.5 Å². The van der Waals surface area contributed by atoms with Crippen LogP contribution >= 0.6 is 0 Å². The molecule has 28 heavy (non-hydrogen) atoms. The Labute approximate surface area is 163 Å². The third-order valence-electron chi connectivity index (χ3n) is 4.51. The molecule has 1 atom stereocenters. The van der Waals surface area contributed by atoms with Crippen LogP contribution in [0.4, 0.5) is 0 Å². The van der Waals surface area contributed by atoms with Gasteiger partial charge in [0, 0.05) is 18.5 Å². The van der Waals surface area contributed by atoms with Gasteiger partial charge in [-0.05, 0) is 31.0 Å². The summed E-state index contributed by atoms with van der Waals surface area (Å²) >= 11 is 0. The maximum absolute atomic E-state index is 12.4. The summed E-state index contributed by atoms with van der Waals surface area (Å²) in [7, 11) is 1.47. The minimum absolute atomic E-state index is 0.00168. The van der Waals surface area contributed by atoms with Gasteiger partial charge in [0.15, 0.2) is 5.60 Å². The SMILES string of the molecule is COC(c1ccccc1)(c1ccccc1)[C@@H](Oc1nc(C)cc(C)n1)C(=O)O. The number of aryl methyl sites for hydroxylation is 2. The summed E-state index contributed by atoms with van der Waals surface area (Å²) in [6.07, 6.45) is -1.41. The highest BCUT2D eigenvalue weighted by Crippen LogP contribution is 2.38. The number of methoxy groups -OCH3 is 1. The average Bonchev–Trinajstić information content (AvgIpc) is 2.69. The zero-order chi connectivity index (χ0) is 20.1. The molecule has 3 aromatic rings. The Balaban J connectivity index is 2.19. The van der Waals surface area contributed by atoms with E-state index in [1.54, 1.807) is 19.9 Å². The normalized spacial score (nSPS) is 12.4. The molecule has 0 unspecified atom stereocenters. The van der Waals surface area contributed by atoms with Crippen molar-refractivity contribution in [2.45, 2.75) is 25.6 Å². The first kappa shape index (κ1) is 19.5. The fourth-order valence-corrected chi connectivity index (χ4v) is 3.34. The van der Waals surface area contributed by atoms with Crippen LogP contribution in [0.25, 0.3) is 0 Å². The highest BCUT2D eigenvalue weighted by molar-refractivity contribution is 5.76. The maximum atomic E-state index is 12.4. The van der Waals surface area contributed by atoms with Gasteiger partial charge in [-0.1, -0.05) is 60.7 Å². The Kier molecular flexibility index (Phi) is 5.70. The van der Waals surface area contributed by atoms with Crippen LogP contribution in [0.1, 0.15) is 22.5 Å². The Morgan fingerprint density at radius 1 is 0.929 bits per heavy atom. The molecule has 0 radical (unpaired) electrons. The van der Waals surface area contributed by atoms with Crippen LogP contribution in [0.15, 0.2) is 66.7 Å². The summed E-state index contributed by atoms with van der Waals surface area (Å²) in [6, 6.07) is 20.1. The van der Waals surface area contributed by atoms with E-state index < -0.39 is 17.7 Å². The molecular formula is C22H22N2O4. The van der Waals surface area contributed by atoms with Crippen LogP contribution in [-0.2, 0) is 15.1 Å². The Hall–Kier alpha value is -3.25. The molecular weight excluding hydrogens is 356 g/mol. The van der Waals surface area contributed by atoms with Gasteiger partial charge in [0.05, 0.1) is 0 Å². The molecule has 1 N–H and O–H groups in total. The van der Waals surface area contributed by atoms with Gasteiger partial charge in [-0.3, -0.25) is 0 Å². The molecule has 0 saturated heterocycles. The van der Waals surface area contributed by atoms with Crippen molar-refractivity contribution in [1.82, 2.24) is 9.97 Å². The lowest BCUT2D eigenvalue weighted by Gasteiger charge is -2.37. The van der Waals surface area contributed by atoms with Crippen molar-refractivity contribution in [3.05, 3.63) is 89.2 Å². The number of carbonyl (C=O) groups is 1. The van der Waals surface area contributed by atoms with E-state index >= 15 is 0 Å². The van der Waals surface area contributed by atoms with Crippen molar-refractivity contribution in [2.75, 3.05) is 7.11 Å². The minimum Gasteiger partial charge on any atom is -0.478 e. The van der Waals surface area contributed by atoms with Crippen LogP contribution in [0.3, 0.4) is 0 Å². The number of hydrogen-bond donors (Lipinski definition) is 1.